The summed E-state index contributed by atoms with van der Waals surface area (Å²) in [5.74, 6) is 0. The van der Waals surface area contributed by atoms with E-state index >= 15 is 0 Å². The molecular formula is C14H24N2O2S2. The molecule has 0 aromatic carbocycles. The molecule has 0 radical (unpaired) electrons. The summed E-state index contributed by atoms with van der Waals surface area (Å²) in [6, 6.07) is 1.75. The quantitative estimate of drug-likeness (QED) is 0.848. The summed E-state index contributed by atoms with van der Waals surface area (Å²) in [5, 5.41) is 5.04. The molecule has 0 spiro atoms. The summed E-state index contributed by atoms with van der Waals surface area (Å²) in [6.45, 7) is 7.74. The molecule has 1 unspecified atom stereocenters. The molecule has 4 nitrogen and oxygen atoms in total. The molecule has 1 saturated carbocycles. The summed E-state index contributed by atoms with van der Waals surface area (Å²) in [7, 11) is -3.41. The molecule has 1 aliphatic carbocycles. The molecule has 2 N–H and O–H groups in total. The lowest BCUT2D eigenvalue weighted by molar-refractivity contribution is 0.313. The van der Waals surface area contributed by atoms with E-state index in [2.05, 4.69) is 23.9 Å². The van der Waals surface area contributed by atoms with Gasteiger partial charge in [-0.05, 0) is 36.2 Å². The summed E-state index contributed by atoms with van der Waals surface area (Å²) < 4.78 is 28.1. The van der Waals surface area contributed by atoms with Gasteiger partial charge in [-0.15, -0.1) is 11.3 Å². The fourth-order valence-corrected chi connectivity index (χ4v) is 5.59. The summed E-state index contributed by atoms with van der Waals surface area (Å²) >= 11 is 1.49. The van der Waals surface area contributed by atoms with E-state index in [0.717, 1.165) is 30.7 Å². The van der Waals surface area contributed by atoms with E-state index in [1.165, 1.54) is 11.3 Å². The Labute approximate surface area is 126 Å². The summed E-state index contributed by atoms with van der Waals surface area (Å²) in [6.07, 6.45) is 3.10. The fraction of sp³-hybridized carbons (Fsp3) is 0.714. The zero-order valence-electron chi connectivity index (χ0n) is 12.4. The van der Waals surface area contributed by atoms with Crippen molar-refractivity contribution in [2.45, 2.75) is 57.5 Å². The lowest BCUT2D eigenvalue weighted by Crippen LogP contribution is -2.41. The van der Waals surface area contributed by atoms with Crippen LogP contribution in [0.15, 0.2) is 16.3 Å². The molecule has 6 heteroatoms. The first-order valence-corrected chi connectivity index (χ1v) is 9.52. The minimum atomic E-state index is -3.41. The van der Waals surface area contributed by atoms with E-state index in [1.54, 1.807) is 6.07 Å². The lowest BCUT2D eigenvalue weighted by atomic mass is 9.88. The van der Waals surface area contributed by atoms with Crippen molar-refractivity contribution in [1.82, 2.24) is 10.0 Å². The van der Waals surface area contributed by atoms with Gasteiger partial charge in [-0.1, -0.05) is 27.2 Å². The first kappa shape index (κ1) is 15.9. The minimum absolute atomic E-state index is 0.0411. The standard InChI is InChI=1S/C14H24N2O2S2/c1-4-15-10-11-12(7-9-19-11)20(17,18)16-13-6-5-8-14(13,2)3/h7,9,13,15-16H,4-6,8,10H2,1-3H3. The van der Waals surface area contributed by atoms with Crippen molar-refractivity contribution in [2.75, 3.05) is 6.54 Å². The third-order valence-electron chi connectivity index (χ3n) is 4.08. The molecule has 0 aliphatic heterocycles. The molecule has 2 rings (SSSR count). The Hall–Kier alpha value is -0.430. The van der Waals surface area contributed by atoms with Crippen molar-refractivity contribution in [3.63, 3.8) is 0 Å². The van der Waals surface area contributed by atoms with Gasteiger partial charge in [-0.25, -0.2) is 13.1 Å². The average molecular weight is 316 g/mol. The molecular weight excluding hydrogens is 292 g/mol. The van der Waals surface area contributed by atoms with Crippen LogP contribution in [0.5, 0.6) is 0 Å². The monoisotopic (exact) mass is 316 g/mol. The van der Waals surface area contributed by atoms with Crippen molar-refractivity contribution in [3.8, 4) is 0 Å². The second-order valence-electron chi connectivity index (χ2n) is 6.04. The summed E-state index contributed by atoms with van der Waals surface area (Å²) in [5.41, 5.74) is 0.0466. The lowest BCUT2D eigenvalue weighted by Gasteiger charge is -2.27. The molecule has 1 heterocycles. The highest BCUT2D eigenvalue weighted by Crippen LogP contribution is 2.38. The highest BCUT2D eigenvalue weighted by Gasteiger charge is 2.37. The van der Waals surface area contributed by atoms with Crippen LogP contribution in [0, 0.1) is 5.41 Å². The molecule has 0 saturated heterocycles. The van der Waals surface area contributed by atoms with Crippen LogP contribution in [-0.2, 0) is 16.6 Å². The van der Waals surface area contributed by atoms with Crippen LogP contribution in [0.25, 0.3) is 0 Å². The SMILES string of the molecule is CCNCc1sccc1S(=O)(=O)NC1CCCC1(C)C. The fourth-order valence-electron chi connectivity index (χ4n) is 2.73. The van der Waals surface area contributed by atoms with Crippen LogP contribution in [0.1, 0.15) is 44.9 Å². The van der Waals surface area contributed by atoms with Gasteiger partial charge in [0.25, 0.3) is 0 Å². The smallest absolute Gasteiger partial charge is 0.241 e. The van der Waals surface area contributed by atoms with E-state index in [0.29, 0.717) is 11.4 Å². The van der Waals surface area contributed by atoms with Gasteiger partial charge in [-0.2, -0.15) is 0 Å². The number of hydrogen-bond donors (Lipinski definition) is 2. The molecule has 1 atom stereocenters. The van der Waals surface area contributed by atoms with Crippen molar-refractivity contribution in [1.29, 1.82) is 0 Å². The average Bonchev–Trinajstić information content (AvgIpc) is 2.94. The van der Waals surface area contributed by atoms with Gasteiger partial charge in [0.15, 0.2) is 0 Å². The predicted molar refractivity (Wildman–Crippen MR) is 83.4 cm³/mol. The topological polar surface area (TPSA) is 58.2 Å². The molecule has 1 aromatic rings. The minimum Gasteiger partial charge on any atom is -0.312 e. The van der Waals surface area contributed by atoms with Crippen molar-refractivity contribution < 1.29 is 8.42 Å². The largest absolute Gasteiger partial charge is 0.312 e. The zero-order chi connectivity index (χ0) is 14.8. The number of sulfonamides is 1. The van der Waals surface area contributed by atoms with Crippen molar-refractivity contribution in [3.05, 3.63) is 16.3 Å². The third-order valence-corrected chi connectivity index (χ3v) is 6.69. The van der Waals surface area contributed by atoms with Crippen LogP contribution in [-0.4, -0.2) is 21.0 Å². The molecule has 1 aliphatic rings. The van der Waals surface area contributed by atoms with E-state index in [4.69, 9.17) is 0 Å². The maximum absolute atomic E-state index is 12.6. The Balaban J connectivity index is 2.16. The Morgan fingerprint density at radius 3 is 2.80 bits per heavy atom. The van der Waals surface area contributed by atoms with E-state index in [1.807, 2.05) is 12.3 Å². The third kappa shape index (κ3) is 3.42. The molecule has 0 amide bonds. The van der Waals surface area contributed by atoms with Crippen LogP contribution in [0.2, 0.25) is 0 Å². The molecule has 1 fully saturated rings. The first-order valence-electron chi connectivity index (χ1n) is 7.16. The maximum Gasteiger partial charge on any atom is 0.241 e. The second kappa shape index (κ2) is 6.13. The molecule has 114 valence electrons. The van der Waals surface area contributed by atoms with E-state index in [-0.39, 0.29) is 11.5 Å². The normalized spacial score (nSPS) is 22.2. The van der Waals surface area contributed by atoms with Crippen LogP contribution in [0.4, 0.5) is 0 Å². The van der Waals surface area contributed by atoms with E-state index < -0.39 is 10.0 Å². The van der Waals surface area contributed by atoms with Gasteiger partial charge in [-0.3, -0.25) is 0 Å². The van der Waals surface area contributed by atoms with Gasteiger partial charge >= 0.3 is 0 Å². The molecule has 20 heavy (non-hydrogen) atoms. The number of thiophene rings is 1. The van der Waals surface area contributed by atoms with E-state index in [9.17, 15) is 8.42 Å². The maximum atomic E-state index is 12.6. The van der Waals surface area contributed by atoms with Crippen molar-refractivity contribution >= 4 is 21.4 Å². The Bertz CT molecular complexity index is 549. The zero-order valence-corrected chi connectivity index (χ0v) is 14.0. The Morgan fingerprint density at radius 2 is 2.20 bits per heavy atom. The van der Waals surface area contributed by atoms with Crippen LogP contribution in [0.3, 0.4) is 0 Å². The van der Waals surface area contributed by atoms with Crippen LogP contribution >= 0.6 is 11.3 Å². The Morgan fingerprint density at radius 1 is 1.45 bits per heavy atom. The molecule has 0 bridgehead atoms. The van der Waals surface area contributed by atoms with Gasteiger partial charge in [0.1, 0.15) is 0 Å². The second-order valence-corrected chi connectivity index (χ2v) is 8.73. The first-order chi connectivity index (χ1) is 9.37. The van der Waals surface area contributed by atoms with Crippen LogP contribution < -0.4 is 10.0 Å². The Kier molecular flexibility index (Phi) is 4.89. The predicted octanol–water partition coefficient (Wildman–Crippen LogP) is 2.71. The molecule has 1 aromatic heterocycles. The number of hydrogen-bond acceptors (Lipinski definition) is 4. The number of nitrogens with one attached hydrogen (secondary N) is 2. The van der Waals surface area contributed by atoms with Gasteiger partial charge in [0.2, 0.25) is 10.0 Å². The highest BCUT2D eigenvalue weighted by atomic mass is 32.2. The highest BCUT2D eigenvalue weighted by molar-refractivity contribution is 7.89. The van der Waals surface area contributed by atoms with Gasteiger partial charge in [0, 0.05) is 17.5 Å². The van der Waals surface area contributed by atoms with Crippen molar-refractivity contribution in [2.24, 2.45) is 5.41 Å². The number of rotatable bonds is 6. The van der Waals surface area contributed by atoms with Gasteiger partial charge < -0.3 is 5.32 Å². The summed E-state index contributed by atoms with van der Waals surface area (Å²) in [4.78, 5) is 1.32. The van der Waals surface area contributed by atoms with Gasteiger partial charge in [0.05, 0.1) is 4.90 Å².